The van der Waals surface area contributed by atoms with Crippen molar-refractivity contribution < 1.29 is 19.8 Å². The zero-order chi connectivity index (χ0) is 13.2. The lowest BCUT2D eigenvalue weighted by molar-refractivity contribution is -0.146. The fourth-order valence-corrected chi connectivity index (χ4v) is 2.29. The van der Waals surface area contributed by atoms with E-state index in [0.29, 0.717) is 12.8 Å². The molecule has 3 N–H and O–H groups in total. The Morgan fingerprint density at radius 2 is 1.82 bits per heavy atom. The van der Waals surface area contributed by atoms with Crippen LogP contribution in [0.3, 0.4) is 0 Å². The molecule has 3 atom stereocenters. The van der Waals surface area contributed by atoms with E-state index in [1.54, 1.807) is 13.8 Å². The first-order chi connectivity index (χ1) is 7.70. The van der Waals surface area contributed by atoms with E-state index >= 15 is 0 Å². The zero-order valence-corrected chi connectivity index (χ0v) is 10.6. The number of rotatable bonds is 4. The van der Waals surface area contributed by atoms with Gasteiger partial charge in [-0.25, -0.2) is 0 Å². The summed E-state index contributed by atoms with van der Waals surface area (Å²) in [4.78, 5) is 22.9. The Kier molecular flexibility index (Phi) is 4.14. The summed E-state index contributed by atoms with van der Waals surface area (Å²) in [5, 5.41) is 21.2. The van der Waals surface area contributed by atoms with Crippen molar-refractivity contribution in [1.82, 2.24) is 5.32 Å². The lowest BCUT2D eigenvalue weighted by atomic mass is 9.95. The highest BCUT2D eigenvalue weighted by atomic mass is 16.4. The second-order valence-corrected chi connectivity index (χ2v) is 5.66. The minimum Gasteiger partial charge on any atom is -0.481 e. The van der Waals surface area contributed by atoms with Crippen molar-refractivity contribution in [2.75, 3.05) is 6.54 Å². The molecule has 1 amide bonds. The van der Waals surface area contributed by atoms with Gasteiger partial charge in [-0.2, -0.15) is 0 Å². The van der Waals surface area contributed by atoms with E-state index in [4.69, 9.17) is 5.11 Å². The highest BCUT2D eigenvalue weighted by molar-refractivity contribution is 5.85. The number of carboxylic acid groups (broad SMARTS) is 1. The van der Waals surface area contributed by atoms with Crippen molar-refractivity contribution in [3.05, 3.63) is 0 Å². The van der Waals surface area contributed by atoms with Crippen LogP contribution in [0.4, 0.5) is 0 Å². The fraction of sp³-hybridized carbons (Fsp3) is 0.833. The number of aliphatic hydroxyl groups is 1. The standard InChI is InChI=1S/C12H21NO4/c1-7-4-8(9(5-7)11(15)16)10(14)13-6-12(2,3)17/h7-9,17H,4-6H2,1-3H3,(H,13,14)(H,15,16). The minimum atomic E-state index is -0.974. The third kappa shape index (κ3) is 4.00. The number of nitrogens with one attached hydrogen (secondary N) is 1. The third-order valence-corrected chi connectivity index (χ3v) is 3.15. The average Bonchev–Trinajstić information content (AvgIpc) is 2.55. The summed E-state index contributed by atoms with van der Waals surface area (Å²) in [6.07, 6.45) is 1.16. The molecule has 1 aliphatic carbocycles. The molecule has 0 aliphatic heterocycles. The molecule has 0 aromatic heterocycles. The Labute approximate surface area is 101 Å². The number of hydrogen-bond acceptors (Lipinski definition) is 3. The van der Waals surface area contributed by atoms with Crippen LogP contribution < -0.4 is 5.32 Å². The molecular weight excluding hydrogens is 222 g/mol. The van der Waals surface area contributed by atoms with Gasteiger partial charge in [-0.05, 0) is 32.6 Å². The van der Waals surface area contributed by atoms with Crippen LogP contribution in [0.2, 0.25) is 0 Å². The average molecular weight is 243 g/mol. The maximum atomic E-state index is 11.9. The lowest BCUT2D eigenvalue weighted by Crippen LogP contribution is -2.42. The van der Waals surface area contributed by atoms with Gasteiger partial charge in [0.2, 0.25) is 5.91 Å². The van der Waals surface area contributed by atoms with Gasteiger partial charge in [0.1, 0.15) is 0 Å². The van der Waals surface area contributed by atoms with Gasteiger partial charge in [0.05, 0.1) is 17.4 Å². The number of carbonyl (C=O) groups is 2. The van der Waals surface area contributed by atoms with Crippen molar-refractivity contribution in [3.63, 3.8) is 0 Å². The van der Waals surface area contributed by atoms with Gasteiger partial charge in [0, 0.05) is 6.54 Å². The number of amides is 1. The number of aliphatic carboxylic acids is 1. The summed E-state index contributed by atoms with van der Waals surface area (Å²) in [5.74, 6) is -1.97. The largest absolute Gasteiger partial charge is 0.481 e. The van der Waals surface area contributed by atoms with E-state index in [0.717, 1.165) is 0 Å². The van der Waals surface area contributed by atoms with Crippen LogP contribution in [0.5, 0.6) is 0 Å². The molecule has 0 aromatic carbocycles. The molecular formula is C12H21NO4. The van der Waals surface area contributed by atoms with Crippen LogP contribution >= 0.6 is 0 Å². The Morgan fingerprint density at radius 3 is 2.29 bits per heavy atom. The maximum absolute atomic E-state index is 11.9. The predicted molar refractivity (Wildman–Crippen MR) is 62.3 cm³/mol. The zero-order valence-electron chi connectivity index (χ0n) is 10.6. The van der Waals surface area contributed by atoms with E-state index in [9.17, 15) is 14.7 Å². The summed E-state index contributed by atoms with van der Waals surface area (Å²) in [6.45, 7) is 5.29. The highest BCUT2D eigenvalue weighted by Gasteiger charge is 2.41. The summed E-state index contributed by atoms with van der Waals surface area (Å²) >= 11 is 0. The fourth-order valence-electron chi connectivity index (χ4n) is 2.29. The van der Waals surface area contributed by atoms with E-state index in [2.05, 4.69) is 5.32 Å². The number of carbonyl (C=O) groups excluding carboxylic acids is 1. The van der Waals surface area contributed by atoms with Crippen LogP contribution in [0, 0.1) is 17.8 Å². The van der Waals surface area contributed by atoms with Gasteiger partial charge in [0.25, 0.3) is 0 Å². The summed E-state index contributed by atoms with van der Waals surface area (Å²) in [5.41, 5.74) is -0.974. The van der Waals surface area contributed by atoms with Crippen molar-refractivity contribution in [3.8, 4) is 0 Å². The monoisotopic (exact) mass is 243 g/mol. The first kappa shape index (κ1) is 14.0. The molecule has 0 bridgehead atoms. The summed E-state index contributed by atoms with van der Waals surface area (Å²) in [6, 6.07) is 0. The number of hydrogen-bond donors (Lipinski definition) is 3. The molecule has 0 spiro atoms. The van der Waals surface area contributed by atoms with E-state index < -0.39 is 23.4 Å². The topological polar surface area (TPSA) is 86.6 Å². The highest BCUT2D eigenvalue weighted by Crippen LogP contribution is 2.36. The SMILES string of the molecule is CC1CC(C(=O)O)C(C(=O)NCC(C)(C)O)C1. The van der Waals surface area contributed by atoms with E-state index in [1.165, 1.54) is 0 Å². The van der Waals surface area contributed by atoms with Gasteiger partial charge >= 0.3 is 5.97 Å². The molecule has 0 saturated heterocycles. The third-order valence-electron chi connectivity index (χ3n) is 3.15. The molecule has 1 aliphatic rings. The van der Waals surface area contributed by atoms with Crippen LogP contribution in [0.1, 0.15) is 33.6 Å². The van der Waals surface area contributed by atoms with Crippen LogP contribution in [0.15, 0.2) is 0 Å². The lowest BCUT2D eigenvalue weighted by Gasteiger charge is -2.21. The normalized spacial score (nSPS) is 29.1. The second kappa shape index (κ2) is 5.04. The molecule has 5 heteroatoms. The molecule has 1 fully saturated rings. The first-order valence-corrected chi connectivity index (χ1v) is 5.93. The predicted octanol–water partition coefficient (Wildman–Crippen LogP) is 0.620. The van der Waals surface area contributed by atoms with Crippen molar-refractivity contribution in [2.24, 2.45) is 17.8 Å². The quantitative estimate of drug-likeness (QED) is 0.675. The van der Waals surface area contributed by atoms with Gasteiger partial charge in [0.15, 0.2) is 0 Å². The van der Waals surface area contributed by atoms with Crippen molar-refractivity contribution >= 4 is 11.9 Å². The van der Waals surface area contributed by atoms with Gasteiger partial charge in [-0.15, -0.1) is 0 Å². The molecule has 0 radical (unpaired) electrons. The number of carboxylic acids is 1. The van der Waals surface area contributed by atoms with Crippen LogP contribution in [-0.2, 0) is 9.59 Å². The molecule has 1 saturated carbocycles. The van der Waals surface area contributed by atoms with E-state index in [-0.39, 0.29) is 18.4 Å². The van der Waals surface area contributed by atoms with E-state index in [1.807, 2.05) is 6.92 Å². The van der Waals surface area contributed by atoms with Gasteiger partial charge in [-0.1, -0.05) is 6.92 Å². The molecule has 0 aromatic rings. The Balaban J connectivity index is 2.59. The smallest absolute Gasteiger partial charge is 0.307 e. The second-order valence-electron chi connectivity index (χ2n) is 5.66. The summed E-state index contributed by atoms with van der Waals surface area (Å²) in [7, 11) is 0. The van der Waals surface area contributed by atoms with Crippen molar-refractivity contribution in [2.45, 2.75) is 39.2 Å². The summed E-state index contributed by atoms with van der Waals surface area (Å²) < 4.78 is 0. The molecule has 1 rings (SSSR count). The van der Waals surface area contributed by atoms with Gasteiger partial charge < -0.3 is 15.5 Å². The minimum absolute atomic E-state index is 0.142. The van der Waals surface area contributed by atoms with Crippen molar-refractivity contribution in [1.29, 1.82) is 0 Å². The Hall–Kier alpha value is -1.10. The molecule has 0 heterocycles. The molecule has 3 unspecified atom stereocenters. The van der Waals surface area contributed by atoms with Gasteiger partial charge in [-0.3, -0.25) is 9.59 Å². The van der Waals surface area contributed by atoms with Crippen LogP contribution in [0.25, 0.3) is 0 Å². The Morgan fingerprint density at radius 1 is 1.29 bits per heavy atom. The molecule has 17 heavy (non-hydrogen) atoms. The Bertz CT molecular complexity index is 308. The van der Waals surface area contributed by atoms with Crippen LogP contribution in [-0.4, -0.2) is 34.2 Å². The maximum Gasteiger partial charge on any atom is 0.307 e. The molecule has 5 nitrogen and oxygen atoms in total. The molecule has 98 valence electrons. The first-order valence-electron chi connectivity index (χ1n) is 5.93.